The molecule has 2 aliphatic heterocycles. The second kappa shape index (κ2) is 22.0. The minimum Gasteiger partial charge on any atom is -0.465 e. The summed E-state index contributed by atoms with van der Waals surface area (Å²) in [4.78, 5) is 60.3. The highest BCUT2D eigenvalue weighted by Gasteiger charge is 2.29. The van der Waals surface area contributed by atoms with Crippen LogP contribution < -0.4 is 10.2 Å². The number of aromatic nitrogens is 2. The number of ether oxygens (including phenoxy) is 2. The van der Waals surface area contributed by atoms with Gasteiger partial charge in [0, 0.05) is 65.3 Å². The molecule has 6 rings (SSSR count). The number of nitrogens with zero attached hydrogens (tertiary/aromatic N) is 5. The maximum Gasteiger partial charge on any atom is 0.339 e. The fourth-order valence-corrected chi connectivity index (χ4v) is 8.26. The van der Waals surface area contributed by atoms with Crippen molar-refractivity contribution in [2.75, 3.05) is 73.6 Å². The van der Waals surface area contributed by atoms with E-state index in [9.17, 15) is 36.0 Å². The number of urea groups is 2. The Morgan fingerprint density at radius 1 is 0.678 bits per heavy atom. The average molecular weight is 957 g/mol. The largest absolute Gasteiger partial charge is 0.465 e. The molecule has 2 fully saturated rings. The van der Waals surface area contributed by atoms with Crippen LogP contribution in [0, 0.1) is 0 Å². The Morgan fingerprint density at radius 2 is 1.12 bits per heavy atom. The number of hydrogen-bond donors (Lipinski definition) is 1. The van der Waals surface area contributed by atoms with E-state index >= 15 is 0 Å². The van der Waals surface area contributed by atoms with E-state index < -0.39 is 25.6 Å². The fourth-order valence-electron chi connectivity index (χ4n) is 5.28. The maximum atomic E-state index is 13.1. The molecule has 0 saturated carbocycles. The van der Waals surface area contributed by atoms with Crippen molar-refractivity contribution in [2.45, 2.75) is 11.9 Å². The van der Waals surface area contributed by atoms with Gasteiger partial charge in [-0.3, -0.25) is 14.9 Å². The molecule has 4 amide bonds. The molecule has 2 aromatic carbocycles. The molecule has 0 aliphatic carbocycles. The molecular weight excluding hydrogens is 915 g/mol. The van der Waals surface area contributed by atoms with Crippen LogP contribution in [0.2, 0.25) is 10.0 Å². The number of esters is 2. The van der Waals surface area contributed by atoms with Crippen molar-refractivity contribution >= 4 is 94.2 Å². The Bertz CT molecular complexity index is 2260. The molecule has 0 bridgehead atoms. The first kappa shape index (κ1) is 46.9. The summed E-state index contributed by atoms with van der Waals surface area (Å²) in [6.45, 7) is 0.897. The monoisotopic (exact) mass is 954 g/mol. The summed E-state index contributed by atoms with van der Waals surface area (Å²) in [6.07, 6.45) is 2.89. The zero-order valence-electron chi connectivity index (χ0n) is 31.9. The van der Waals surface area contributed by atoms with E-state index in [0.29, 0.717) is 43.6 Å². The van der Waals surface area contributed by atoms with E-state index in [2.05, 4.69) is 40.7 Å². The zero-order chi connectivity index (χ0) is 43.2. The van der Waals surface area contributed by atoms with Crippen molar-refractivity contribution in [3.05, 3.63) is 118 Å². The third-order valence-corrected chi connectivity index (χ3v) is 13.0. The van der Waals surface area contributed by atoms with Crippen LogP contribution >= 0.6 is 39.1 Å². The van der Waals surface area contributed by atoms with E-state index in [1.807, 2.05) is 0 Å². The summed E-state index contributed by atoms with van der Waals surface area (Å²) in [5.74, 6) is -0.909. The van der Waals surface area contributed by atoms with Crippen LogP contribution in [0.25, 0.3) is 0 Å². The lowest BCUT2D eigenvalue weighted by Crippen LogP contribution is -2.49. The van der Waals surface area contributed by atoms with Crippen LogP contribution in [-0.2, 0) is 41.0 Å². The number of hydrogen-bond acceptors (Lipinski definition) is 12. The molecule has 0 atom stereocenters. The molecule has 2 aromatic heterocycles. The smallest absolute Gasteiger partial charge is 0.339 e. The molecule has 0 radical (unpaired) electrons. The van der Waals surface area contributed by atoms with E-state index in [0.717, 1.165) is 5.69 Å². The molecule has 0 unspecified atom stereocenters. The van der Waals surface area contributed by atoms with Crippen molar-refractivity contribution < 1.29 is 45.5 Å². The lowest BCUT2D eigenvalue weighted by atomic mass is 10.2. The van der Waals surface area contributed by atoms with E-state index in [1.54, 1.807) is 72.8 Å². The highest BCUT2D eigenvalue weighted by Crippen LogP contribution is 2.23. The van der Waals surface area contributed by atoms with E-state index in [1.165, 1.54) is 41.3 Å². The highest BCUT2D eigenvalue weighted by atomic mass is 79.9. The molecule has 1 N–H and O–H groups in total. The number of pyridine rings is 2. The van der Waals surface area contributed by atoms with Crippen LogP contribution in [0.3, 0.4) is 0 Å². The summed E-state index contributed by atoms with van der Waals surface area (Å²) >= 11 is 15.0. The summed E-state index contributed by atoms with van der Waals surface area (Å²) < 4.78 is 55.0. The predicted octanol–water partition coefficient (Wildman–Crippen LogP) is 5.74. The normalized spacial score (nSPS) is 15.2. The van der Waals surface area contributed by atoms with Crippen molar-refractivity contribution in [1.82, 2.24) is 19.8 Å². The topological polar surface area (TPSA) is 203 Å². The Balaban J connectivity index is 0.000000217. The summed E-state index contributed by atoms with van der Waals surface area (Å²) in [5.41, 5.74) is 3.47. The number of carbonyl (C=O) groups is 4. The van der Waals surface area contributed by atoms with Gasteiger partial charge in [0.25, 0.3) is 0 Å². The van der Waals surface area contributed by atoms with Crippen molar-refractivity contribution in [1.29, 1.82) is 0 Å². The number of anilines is 2. The number of rotatable bonds is 7. The van der Waals surface area contributed by atoms with Gasteiger partial charge in [0.1, 0.15) is 0 Å². The summed E-state index contributed by atoms with van der Waals surface area (Å²) in [6, 6.07) is 19.6. The number of carbonyl (C=O) groups excluding carboxylic acids is 4. The lowest BCUT2D eigenvalue weighted by molar-refractivity contribution is 0.0591. The van der Waals surface area contributed by atoms with Crippen molar-refractivity contribution in [2.24, 2.45) is 0 Å². The second-order valence-corrected chi connectivity index (χ2v) is 18.8. The molecule has 16 nitrogen and oxygen atoms in total. The Labute approximate surface area is 360 Å². The molecule has 4 heterocycles. The second-order valence-electron chi connectivity index (χ2n) is 12.8. The quantitative estimate of drug-likeness (QED) is 0.174. The molecule has 59 heavy (non-hydrogen) atoms. The fraction of sp³-hybridized carbons (Fsp3) is 0.316. The number of benzene rings is 2. The number of methoxy groups -OCH3 is 2. The molecule has 4 aromatic rings. The van der Waals surface area contributed by atoms with Crippen LogP contribution in [0.4, 0.5) is 21.0 Å². The van der Waals surface area contributed by atoms with Gasteiger partial charge in [0.2, 0.25) is 0 Å². The molecular formula is C38H41BrCl2N6O10S2. The summed E-state index contributed by atoms with van der Waals surface area (Å²) in [7, 11) is -3.44. The Hall–Kier alpha value is -4.82. The molecule has 2 saturated heterocycles. The highest BCUT2D eigenvalue weighted by molar-refractivity contribution is 9.08. The SMILES string of the molecule is COC(=O)c1ccc(CBr)nc1.COC(=O)c1ccc(CN(C(=O)N2CCS(=O)(=O)CC2)c2ccc(Cl)cc2)nc1.O=C(Nc1ccc(Cl)cc1)N1CCS(=O)(=O)CC1. The van der Waals surface area contributed by atoms with Gasteiger partial charge < -0.3 is 24.6 Å². The van der Waals surface area contributed by atoms with Gasteiger partial charge in [-0.15, -0.1) is 0 Å². The molecule has 21 heteroatoms. The standard InChI is InChI=1S/C19H20ClN3O5S.C11H13ClN2O3S.C8H8BrNO2/c1-28-18(24)14-2-5-16(21-12-14)13-23(17-6-3-15(20)4-7-17)19(25)22-8-10-29(26,27)11-9-22;12-9-1-3-10(4-2-9)13-11(15)14-5-7-18(16,17)8-6-14;1-12-8(11)6-2-3-7(4-9)10-5-6/h2-7,12H,8-11,13H2,1H3;1-4H,5-8H2,(H,13,15);2-3,5H,4H2,1H3. The van der Waals surface area contributed by atoms with Gasteiger partial charge in [-0.25, -0.2) is 36.0 Å². The minimum absolute atomic E-state index is 0.0288. The number of alkyl halides is 1. The van der Waals surface area contributed by atoms with Crippen LogP contribution in [0.5, 0.6) is 0 Å². The number of nitrogens with one attached hydrogen (secondary N) is 1. The average Bonchev–Trinajstić information content (AvgIpc) is 3.24. The molecule has 2 aliphatic rings. The third-order valence-electron chi connectivity index (χ3n) is 8.66. The Kier molecular flexibility index (Phi) is 17.5. The first-order chi connectivity index (χ1) is 28.0. The number of amides is 4. The van der Waals surface area contributed by atoms with Crippen molar-refractivity contribution in [3.63, 3.8) is 0 Å². The first-order valence-electron chi connectivity index (χ1n) is 17.7. The molecule has 316 valence electrons. The van der Waals surface area contributed by atoms with Crippen LogP contribution in [0.1, 0.15) is 32.1 Å². The van der Waals surface area contributed by atoms with Gasteiger partial charge in [-0.1, -0.05) is 39.1 Å². The predicted molar refractivity (Wildman–Crippen MR) is 228 cm³/mol. The van der Waals surface area contributed by atoms with Gasteiger partial charge in [-0.2, -0.15) is 0 Å². The van der Waals surface area contributed by atoms with E-state index in [4.69, 9.17) is 23.2 Å². The summed E-state index contributed by atoms with van der Waals surface area (Å²) in [5, 5.41) is 4.52. The first-order valence-corrected chi connectivity index (χ1v) is 23.2. The van der Waals surface area contributed by atoms with Gasteiger partial charge >= 0.3 is 24.0 Å². The Morgan fingerprint density at radius 3 is 1.54 bits per heavy atom. The van der Waals surface area contributed by atoms with Crippen molar-refractivity contribution in [3.8, 4) is 0 Å². The van der Waals surface area contributed by atoms with Gasteiger partial charge in [0.15, 0.2) is 19.7 Å². The third kappa shape index (κ3) is 14.8. The van der Waals surface area contributed by atoms with E-state index in [-0.39, 0.29) is 73.8 Å². The van der Waals surface area contributed by atoms with Crippen LogP contribution in [-0.4, -0.2) is 124 Å². The van der Waals surface area contributed by atoms with Gasteiger partial charge in [-0.05, 0) is 72.8 Å². The van der Waals surface area contributed by atoms with Gasteiger partial charge in [0.05, 0.1) is 66.3 Å². The maximum absolute atomic E-state index is 13.1. The number of halogens is 3. The lowest BCUT2D eigenvalue weighted by Gasteiger charge is -2.33. The number of sulfone groups is 2. The minimum atomic E-state index is -3.11. The molecule has 0 spiro atoms. The van der Waals surface area contributed by atoms with Crippen LogP contribution in [0.15, 0.2) is 85.2 Å². The zero-order valence-corrected chi connectivity index (χ0v) is 36.7.